The summed E-state index contributed by atoms with van der Waals surface area (Å²) >= 11 is 0. The number of carboxylic acids is 1. The minimum absolute atomic E-state index is 0.0670. The maximum absolute atomic E-state index is 11.9. The average molecular weight is 245 g/mol. The van der Waals surface area contributed by atoms with Crippen LogP contribution < -0.4 is 5.32 Å². The summed E-state index contributed by atoms with van der Waals surface area (Å²) in [6.07, 6.45) is 4.45. The van der Waals surface area contributed by atoms with Gasteiger partial charge in [0, 0.05) is 29.8 Å². The third-order valence-corrected chi connectivity index (χ3v) is 2.48. The zero-order valence-corrected chi connectivity index (χ0v) is 9.60. The van der Waals surface area contributed by atoms with Gasteiger partial charge >= 0.3 is 5.97 Å². The molecule has 0 radical (unpaired) electrons. The first-order valence-corrected chi connectivity index (χ1v) is 5.22. The zero-order chi connectivity index (χ0) is 13.1. The number of carbonyl (C=O) groups is 2. The van der Waals surface area contributed by atoms with Gasteiger partial charge in [0.05, 0.1) is 5.69 Å². The quantitative estimate of drug-likeness (QED) is 0.766. The number of carboxylic acid groups (broad SMARTS) is 1. The molecule has 2 rings (SSSR count). The van der Waals surface area contributed by atoms with Gasteiger partial charge in [-0.15, -0.1) is 0 Å². The van der Waals surface area contributed by atoms with E-state index >= 15 is 0 Å². The van der Waals surface area contributed by atoms with Crippen LogP contribution in [0, 0.1) is 6.92 Å². The van der Waals surface area contributed by atoms with E-state index in [1.165, 1.54) is 18.6 Å². The highest BCUT2D eigenvalue weighted by atomic mass is 16.4. The van der Waals surface area contributed by atoms with Crippen molar-refractivity contribution in [2.24, 2.45) is 0 Å². The van der Waals surface area contributed by atoms with Crippen LogP contribution in [0.15, 0.2) is 30.7 Å². The molecule has 0 aliphatic heterocycles. The largest absolute Gasteiger partial charge is 0.478 e. The number of nitrogens with zero attached hydrogens (tertiary/aromatic N) is 1. The molecule has 92 valence electrons. The number of carbonyl (C=O) groups excluding carboxylic acids is 1. The van der Waals surface area contributed by atoms with Crippen LogP contribution in [0.3, 0.4) is 0 Å². The van der Waals surface area contributed by atoms with Gasteiger partial charge in [0.2, 0.25) is 0 Å². The number of H-pyrrole nitrogens is 1. The second-order valence-corrected chi connectivity index (χ2v) is 3.70. The van der Waals surface area contributed by atoms with Crippen molar-refractivity contribution in [3.05, 3.63) is 47.5 Å². The Bertz CT molecular complexity index is 590. The van der Waals surface area contributed by atoms with Crippen molar-refractivity contribution in [2.75, 3.05) is 5.32 Å². The van der Waals surface area contributed by atoms with E-state index in [2.05, 4.69) is 15.3 Å². The van der Waals surface area contributed by atoms with E-state index in [1.807, 2.05) is 0 Å². The molecule has 1 amide bonds. The van der Waals surface area contributed by atoms with Gasteiger partial charge in [-0.1, -0.05) is 0 Å². The van der Waals surface area contributed by atoms with Crippen LogP contribution in [0.4, 0.5) is 5.69 Å². The molecule has 0 aliphatic rings. The molecule has 3 N–H and O–H groups in total. The molecule has 6 nitrogen and oxygen atoms in total. The highest BCUT2D eigenvalue weighted by Gasteiger charge is 2.17. The fraction of sp³-hybridized carbons (Fsp3) is 0.0833. The van der Waals surface area contributed by atoms with E-state index < -0.39 is 5.97 Å². The molecule has 0 fully saturated rings. The third-order valence-electron chi connectivity index (χ3n) is 2.48. The predicted molar refractivity (Wildman–Crippen MR) is 64.7 cm³/mol. The number of hydrogen-bond donors (Lipinski definition) is 3. The van der Waals surface area contributed by atoms with Gasteiger partial charge in [-0.3, -0.25) is 9.78 Å². The summed E-state index contributed by atoms with van der Waals surface area (Å²) in [5.41, 5.74) is 1.23. The molecular weight excluding hydrogens is 234 g/mol. The Kier molecular flexibility index (Phi) is 3.09. The highest BCUT2D eigenvalue weighted by molar-refractivity contribution is 6.08. The first-order valence-electron chi connectivity index (χ1n) is 5.22. The van der Waals surface area contributed by atoms with E-state index in [0.717, 1.165) is 0 Å². The molecular formula is C12H11N3O3. The van der Waals surface area contributed by atoms with Crippen LogP contribution in [-0.2, 0) is 0 Å². The van der Waals surface area contributed by atoms with Crippen LogP contribution in [0.25, 0.3) is 0 Å². The molecule has 2 heterocycles. The summed E-state index contributed by atoms with van der Waals surface area (Å²) in [4.78, 5) is 29.5. The topological polar surface area (TPSA) is 95.1 Å². The molecule has 0 aliphatic carbocycles. The summed E-state index contributed by atoms with van der Waals surface area (Å²) in [5.74, 6) is -1.46. The predicted octanol–water partition coefficient (Wildman–Crippen LogP) is 1.67. The lowest BCUT2D eigenvalue weighted by Gasteiger charge is -2.04. The number of aryl methyl sites for hydroxylation is 1. The van der Waals surface area contributed by atoms with Gasteiger partial charge in [-0.25, -0.2) is 4.79 Å². The van der Waals surface area contributed by atoms with Crippen LogP contribution in [-0.4, -0.2) is 27.0 Å². The molecule has 0 spiro atoms. The van der Waals surface area contributed by atoms with Crippen LogP contribution in [0.1, 0.15) is 26.4 Å². The lowest BCUT2D eigenvalue weighted by molar-refractivity contribution is 0.0697. The maximum atomic E-state index is 11.9. The van der Waals surface area contributed by atoms with Gasteiger partial charge in [0.1, 0.15) is 5.56 Å². The Labute approximate surface area is 103 Å². The lowest BCUT2D eigenvalue weighted by Crippen LogP contribution is -2.14. The van der Waals surface area contributed by atoms with Gasteiger partial charge < -0.3 is 15.4 Å². The number of aromatic nitrogens is 2. The summed E-state index contributed by atoms with van der Waals surface area (Å²) < 4.78 is 0. The number of aromatic carboxylic acids is 1. The summed E-state index contributed by atoms with van der Waals surface area (Å²) in [7, 11) is 0. The van der Waals surface area contributed by atoms with Gasteiger partial charge in [0.15, 0.2) is 0 Å². The molecule has 2 aromatic heterocycles. The number of nitrogens with one attached hydrogen (secondary N) is 2. The molecule has 0 bridgehead atoms. The summed E-state index contributed by atoms with van der Waals surface area (Å²) in [5, 5.41) is 11.6. The Morgan fingerprint density at radius 1 is 1.33 bits per heavy atom. The first kappa shape index (κ1) is 11.8. The molecule has 0 saturated heterocycles. The number of amides is 1. The van der Waals surface area contributed by atoms with E-state index in [1.54, 1.807) is 19.1 Å². The fourth-order valence-electron chi connectivity index (χ4n) is 1.60. The lowest BCUT2D eigenvalue weighted by atomic mass is 10.2. The standard InChI is InChI=1S/C12H11N3O3/c1-7-10(12(17)18)9(6-14-7)15-11(16)8-2-4-13-5-3-8/h2-6,14H,1H3,(H,15,16)(H,17,18). The molecule has 0 unspecified atom stereocenters. The Balaban J connectivity index is 2.25. The first-order chi connectivity index (χ1) is 8.59. The van der Waals surface area contributed by atoms with Crippen molar-refractivity contribution in [3.63, 3.8) is 0 Å². The molecule has 0 atom stereocenters. The Morgan fingerprint density at radius 3 is 2.61 bits per heavy atom. The molecule has 0 aromatic carbocycles. The highest BCUT2D eigenvalue weighted by Crippen LogP contribution is 2.19. The maximum Gasteiger partial charge on any atom is 0.339 e. The molecule has 6 heteroatoms. The van der Waals surface area contributed by atoms with Gasteiger partial charge in [-0.2, -0.15) is 0 Å². The Hall–Kier alpha value is -2.63. The van der Waals surface area contributed by atoms with Crippen LogP contribution in [0.2, 0.25) is 0 Å². The van der Waals surface area contributed by atoms with Crippen molar-refractivity contribution in [3.8, 4) is 0 Å². The zero-order valence-electron chi connectivity index (χ0n) is 9.60. The second kappa shape index (κ2) is 4.70. The van der Waals surface area contributed by atoms with Crippen molar-refractivity contribution in [2.45, 2.75) is 6.92 Å². The molecule has 2 aromatic rings. The molecule has 18 heavy (non-hydrogen) atoms. The van der Waals surface area contributed by atoms with Crippen LogP contribution >= 0.6 is 0 Å². The minimum Gasteiger partial charge on any atom is -0.478 e. The van der Waals surface area contributed by atoms with Crippen LogP contribution in [0.5, 0.6) is 0 Å². The second-order valence-electron chi connectivity index (χ2n) is 3.70. The van der Waals surface area contributed by atoms with Crippen molar-refractivity contribution < 1.29 is 14.7 Å². The molecule has 0 saturated carbocycles. The number of hydrogen-bond acceptors (Lipinski definition) is 3. The number of anilines is 1. The number of aromatic amines is 1. The van der Waals surface area contributed by atoms with E-state index in [-0.39, 0.29) is 17.2 Å². The number of rotatable bonds is 3. The SMILES string of the molecule is Cc1[nH]cc(NC(=O)c2ccncc2)c1C(=O)O. The van der Waals surface area contributed by atoms with Crippen molar-refractivity contribution in [1.29, 1.82) is 0 Å². The summed E-state index contributed by atoms with van der Waals surface area (Å²) in [6, 6.07) is 3.10. The third kappa shape index (κ3) is 2.22. The smallest absolute Gasteiger partial charge is 0.339 e. The van der Waals surface area contributed by atoms with E-state index in [4.69, 9.17) is 5.11 Å². The number of pyridine rings is 1. The minimum atomic E-state index is -1.08. The van der Waals surface area contributed by atoms with Crippen molar-refractivity contribution in [1.82, 2.24) is 9.97 Å². The van der Waals surface area contributed by atoms with Crippen molar-refractivity contribution >= 4 is 17.6 Å². The average Bonchev–Trinajstić information content (AvgIpc) is 2.71. The summed E-state index contributed by atoms with van der Waals surface area (Å²) in [6.45, 7) is 1.63. The van der Waals surface area contributed by atoms with Gasteiger partial charge in [-0.05, 0) is 19.1 Å². The van der Waals surface area contributed by atoms with E-state index in [0.29, 0.717) is 11.3 Å². The fourth-order valence-corrected chi connectivity index (χ4v) is 1.60. The monoisotopic (exact) mass is 245 g/mol. The van der Waals surface area contributed by atoms with E-state index in [9.17, 15) is 9.59 Å². The Morgan fingerprint density at radius 2 is 2.00 bits per heavy atom. The van der Waals surface area contributed by atoms with Gasteiger partial charge in [0.25, 0.3) is 5.91 Å². The normalized spacial score (nSPS) is 10.1.